The number of carbonyl (C=O) groups is 1. The lowest BCUT2D eigenvalue weighted by Crippen LogP contribution is -2.33. The summed E-state index contributed by atoms with van der Waals surface area (Å²) in [5.41, 5.74) is 3.58. The number of aryl methyl sites for hydroxylation is 1. The van der Waals surface area contributed by atoms with Crippen molar-refractivity contribution >= 4 is 11.7 Å². The van der Waals surface area contributed by atoms with Crippen molar-refractivity contribution in [3.8, 4) is 0 Å². The number of allylic oxidation sites excluding steroid dienone is 2. The van der Waals surface area contributed by atoms with Gasteiger partial charge < -0.3 is 5.32 Å². The monoisotopic (exact) mass is 374 g/mol. The number of halogens is 1. The molecule has 1 aromatic heterocycles. The zero-order valence-corrected chi connectivity index (χ0v) is 15.4. The van der Waals surface area contributed by atoms with Gasteiger partial charge in [0.25, 0.3) is 0 Å². The van der Waals surface area contributed by atoms with Crippen LogP contribution in [0.25, 0.3) is 0 Å². The smallest absolute Gasteiger partial charge is 0.226 e. The number of rotatable bonds is 2. The summed E-state index contributed by atoms with van der Waals surface area (Å²) in [4.78, 5) is 17.7. The van der Waals surface area contributed by atoms with Gasteiger partial charge in [-0.05, 0) is 42.5 Å². The van der Waals surface area contributed by atoms with Gasteiger partial charge in [0.15, 0.2) is 5.78 Å². The Labute approximate surface area is 161 Å². The van der Waals surface area contributed by atoms with Gasteiger partial charge in [0.05, 0.1) is 0 Å². The number of ketones is 1. The SMILES string of the molecule is Cc1nc2n(n1)C(c1ccc(F)cc1)C1=C(CC(c3ccccc3)CC1=O)N2. The highest BCUT2D eigenvalue weighted by Gasteiger charge is 2.39. The third-order valence-corrected chi connectivity index (χ3v) is 5.48. The Bertz CT molecular complexity index is 1090. The van der Waals surface area contributed by atoms with Crippen LogP contribution in [0.2, 0.25) is 0 Å². The molecule has 2 aliphatic rings. The van der Waals surface area contributed by atoms with Gasteiger partial charge in [-0.15, -0.1) is 0 Å². The summed E-state index contributed by atoms with van der Waals surface area (Å²) in [6.07, 6.45) is 1.18. The van der Waals surface area contributed by atoms with Crippen LogP contribution in [0, 0.1) is 12.7 Å². The van der Waals surface area contributed by atoms with Gasteiger partial charge in [0.1, 0.15) is 17.7 Å². The minimum Gasteiger partial charge on any atom is -0.328 e. The van der Waals surface area contributed by atoms with Crippen LogP contribution in [0.4, 0.5) is 10.3 Å². The molecule has 140 valence electrons. The molecule has 0 saturated carbocycles. The second-order valence-corrected chi connectivity index (χ2v) is 7.34. The van der Waals surface area contributed by atoms with Crippen molar-refractivity contribution in [3.63, 3.8) is 0 Å². The van der Waals surface area contributed by atoms with Crippen LogP contribution < -0.4 is 5.32 Å². The number of hydrogen-bond donors (Lipinski definition) is 1. The number of fused-ring (bicyclic) bond motifs is 1. The lowest BCUT2D eigenvalue weighted by Gasteiger charge is -2.35. The Hall–Kier alpha value is -3.28. The van der Waals surface area contributed by atoms with Crippen molar-refractivity contribution in [2.45, 2.75) is 31.7 Å². The van der Waals surface area contributed by atoms with E-state index in [1.807, 2.05) is 25.1 Å². The van der Waals surface area contributed by atoms with Crippen molar-refractivity contribution in [2.24, 2.45) is 0 Å². The molecule has 0 amide bonds. The van der Waals surface area contributed by atoms with Crippen LogP contribution in [0.1, 0.15) is 41.8 Å². The summed E-state index contributed by atoms with van der Waals surface area (Å²) in [5.74, 6) is 1.16. The Morgan fingerprint density at radius 2 is 1.79 bits per heavy atom. The zero-order chi connectivity index (χ0) is 19.3. The highest BCUT2D eigenvalue weighted by Crippen LogP contribution is 2.43. The number of nitrogens with zero attached hydrogens (tertiary/aromatic N) is 3. The van der Waals surface area contributed by atoms with Gasteiger partial charge in [-0.2, -0.15) is 10.1 Å². The molecule has 5 rings (SSSR count). The van der Waals surface area contributed by atoms with E-state index in [4.69, 9.17) is 0 Å². The second kappa shape index (κ2) is 6.41. The average Bonchev–Trinajstić information content (AvgIpc) is 3.07. The van der Waals surface area contributed by atoms with Crippen LogP contribution in [0.3, 0.4) is 0 Å². The van der Waals surface area contributed by atoms with Crippen LogP contribution in [-0.2, 0) is 4.79 Å². The lowest BCUT2D eigenvalue weighted by atomic mass is 9.78. The standard InChI is InChI=1S/C22H19FN4O/c1-13-24-22-25-18-11-16(14-5-3-2-4-6-14)12-19(28)20(18)21(27(22)26-13)15-7-9-17(23)10-8-15/h2-10,16,21H,11-12H2,1H3,(H,24,25,26). The fourth-order valence-corrected chi connectivity index (χ4v) is 4.23. The van der Waals surface area contributed by atoms with E-state index in [2.05, 4.69) is 27.5 Å². The summed E-state index contributed by atoms with van der Waals surface area (Å²) < 4.78 is 15.2. The molecule has 0 spiro atoms. The molecule has 0 saturated heterocycles. The van der Waals surface area contributed by atoms with Crippen molar-refractivity contribution in [2.75, 3.05) is 5.32 Å². The maximum absolute atomic E-state index is 13.5. The predicted molar refractivity (Wildman–Crippen MR) is 103 cm³/mol. The Kier molecular flexibility index (Phi) is 3.86. The molecule has 6 heteroatoms. The average molecular weight is 374 g/mol. The van der Waals surface area contributed by atoms with Crippen LogP contribution in [0.5, 0.6) is 0 Å². The fourth-order valence-electron chi connectivity index (χ4n) is 4.23. The number of hydrogen-bond acceptors (Lipinski definition) is 4. The normalized spacial score (nSPS) is 21.1. The van der Waals surface area contributed by atoms with Gasteiger partial charge in [-0.1, -0.05) is 42.5 Å². The molecule has 0 fully saturated rings. The molecule has 2 unspecified atom stereocenters. The molecule has 2 aromatic carbocycles. The van der Waals surface area contributed by atoms with Crippen LogP contribution in [0.15, 0.2) is 65.9 Å². The van der Waals surface area contributed by atoms with Gasteiger partial charge in [0.2, 0.25) is 5.95 Å². The van der Waals surface area contributed by atoms with Crippen molar-refractivity contribution in [1.82, 2.24) is 14.8 Å². The topological polar surface area (TPSA) is 59.8 Å². The van der Waals surface area contributed by atoms with Gasteiger partial charge >= 0.3 is 0 Å². The summed E-state index contributed by atoms with van der Waals surface area (Å²) >= 11 is 0. The first-order valence-corrected chi connectivity index (χ1v) is 9.37. The van der Waals surface area contributed by atoms with Gasteiger partial charge in [-0.3, -0.25) is 4.79 Å². The number of aromatic nitrogens is 3. The molecular formula is C22H19FN4O. The van der Waals surface area contributed by atoms with Gasteiger partial charge in [-0.25, -0.2) is 9.07 Å². The Balaban J connectivity index is 1.62. The number of nitrogens with one attached hydrogen (secondary N) is 1. The fraction of sp³-hybridized carbons (Fsp3) is 0.227. The van der Waals surface area contributed by atoms with E-state index < -0.39 is 6.04 Å². The van der Waals surface area contributed by atoms with E-state index in [1.165, 1.54) is 12.1 Å². The molecule has 3 aromatic rings. The summed E-state index contributed by atoms with van der Waals surface area (Å²) in [6, 6.07) is 16.0. The highest BCUT2D eigenvalue weighted by molar-refractivity contribution is 6.00. The zero-order valence-electron chi connectivity index (χ0n) is 15.4. The quantitative estimate of drug-likeness (QED) is 0.732. The second-order valence-electron chi connectivity index (χ2n) is 7.34. The van der Waals surface area contributed by atoms with E-state index in [1.54, 1.807) is 16.8 Å². The predicted octanol–water partition coefficient (Wildman–Crippen LogP) is 4.14. The molecule has 28 heavy (non-hydrogen) atoms. The van der Waals surface area contributed by atoms with E-state index in [9.17, 15) is 9.18 Å². The molecule has 2 heterocycles. The first kappa shape index (κ1) is 16.9. The van der Waals surface area contributed by atoms with Crippen LogP contribution in [-0.4, -0.2) is 20.5 Å². The summed E-state index contributed by atoms with van der Waals surface area (Å²) in [6.45, 7) is 1.82. The maximum Gasteiger partial charge on any atom is 0.226 e. The van der Waals surface area contributed by atoms with Crippen molar-refractivity contribution < 1.29 is 9.18 Å². The number of benzene rings is 2. The summed E-state index contributed by atoms with van der Waals surface area (Å²) in [7, 11) is 0. The van der Waals surface area contributed by atoms with Gasteiger partial charge in [0, 0.05) is 17.7 Å². The first-order valence-electron chi connectivity index (χ1n) is 9.37. The third-order valence-electron chi connectivity index (χ3n) is 5.48. The van der Waals surface area contributed by atoms with E-state index in [-0.39, 0.29) is 17.5 Å². The van der Waals surface area contributed by atoms with E-state index in [0.717, 1.165) is 23.2 Å². The molecule has 5 nitrogen and oxygen atoms in total. The van der Waals surface area contributed by atoms with Crippen molar-refractivity contribution in [1.29, 1.82) is 0 Å². The number of anilines is 1. The maximum atomic E-state index is 13.5. The minimum absolute atomic E-state index is 0.0933. The molecule has 0 radical (unpaired) electrons. The van der Waals surface area contributed by atoms with Crippen LogP contribution >= 0.6 is 0 Å². The molecule has 1 N–H and O–H groups in total. The van der Waals surface area contributed by atoms with E-state index >= 15 is 0 Å². The molecule has 0 bridgehead atoms. The van der Waals surface area contributed by atoms with Crippen molar-refractivity contribution in [3.05, 3.63) is 88.6 Å². The van der Waals surface area contributed by atoms with E-state index in [0.29, 0.717) is 23.8 Å². The Morgan fingerprint density at radius 1 is 1.04 bits per heavy atom. The molecular weight excluding hydrogens is 355 g/mol. The molecule has 2 atom stereocenters. The third kappa shape index (κ3) is 2.72. The molecule has 1 aliphatic heterocycles. The largest absolute Gasteiger partial charge is 0.328 e. The number of Topliss-reactive ketones (excluding diaryl/α,β-unsaturated/α-hetero) is 1. The first-order chi connectivity index (χ1) is 13.6. The lowest BCUT2D eigenvalue weighted by molar-refractivity contribution is -0.116. The molecule has 1 aliphatic carbocycles. The number of carbonyl (C=O) groups excluding carboxylic acids is 1. The highest BCUT2D eigenvalue weighted by atomic mass is 19.1. The minimum atomic E-state index is -0.391. The Morgan fingerprint density at radius 3 is 2.54 bits per heavy atom. The summed E-state index contributed by atoms with van der Waals surface area (Å²) in [5, 5.41) is 7.83.